The second kappa shape index (κ2) is 12.0. The number of anilines is 1. The third kappa shape index (κ3) is 6.63. The van der Waals surface area contributed by atoms with Gasteiger partial charge in [0.1, 0.15) is 0 Å². The highest BCUT2D eigenvalue weighted by Crippen LogP contribution is 2.34. The number of carbonyl (C=O) groups is 2. The predicted molar refractivity (Wildman–Crippen MR) is 155 cm³/mol. The molecule has 3 aromatic carbocycles. The third-order valence-electron chi connectivity index (χ3n) is 5.25. The fourth-order valence-corrected chi connectivity index (χ4v) is 5.12. The summed E-state index contributed by atoms with van der Waals surface area (Å²) < 4.78 is 12.6. The number of hydrazone groups is 1. The molecule has 0 spiro atoms. The number of carbonyl (C=O) groups excluding carboxylic acids is 2. The van der Waals surface area contributed by atoms with Crippen molar-refractivity contribution in [1.82, 2.24) is 5.43 Å². The molecule has 0 fully saturated rings. The highest BCUT2D eigenvalue weighted by Gasteiger charge is 2.15. The van der Waals surface area contributed by atoms with Gasteiger partial charge < -0.3 is 14.8 Å². The van der Waals surface area contributed by atoms with E-state index in [1.54, 1.807) is 24.3 Å². The van der Waals surface area contributed by atoms with Crippen LogP contribution in [-0.4, -0.2) is 36.7 Å². The molecule has 0 aliphatic carbocycles. The minimum Gasteiger partial charge on any atom is -0.493 e. The van der Waals surface area contributed by atoms with Crippen LogP contribution < -0.4 is 20.2 Å². The third-order valence-corrected chi connectivity index (χ3v) is 7.17. The highest BCUT2D eigenvalue weighted by molar-refractivity contribution is 14.1. The van der Waals surface area contributed by atoms with Crippen LogP contribution in [-0.2, 0) is 4.79 Å². The van der Waals surface area contributed by atoms with Crippen molar-refractivity contribution < 1.29 is 24.0 Å². The van der Waals surface area contributed by atoms with Crippen molar-refractivity contribution in [3.05, 3.63) is 90.4 Å². The zero-order valence-corrected chi connectivity index (χ0v) is 23.2. The molecule has 4 rings (SSSR count). The van der Waals surface area contributed by atoms with Gasteiger partial charge in [-0.1, -0.05) is 17.7 Å². The Hall–Kier alpha value is -4.04. The molecule has 0 saturated carbocycles. The quantitative estimate of drug-likeness (QED) is 0.107. The lowest BCUT2D eigenvalue weighted by molar-refractivity contribution is -0.384. The maximum atomic E-state index is 12.5. The van der Waals surface area contributed by atoms with Crippen molar-refractivity contribution in [1.29, 1.82) is 0 Å². The Morgan fingerprint density at radius 1 is 1.13 bits per heavy atom. The molecule has 2 amide bonds. The van der Waals surface area contributed by atoms with E-state index < -0.39 is 10.8 Å². The number of nitrogens with one attached hydrogen (secondary N) is 2. The van der Waals surface area contributed by atoms with Crippen LogP contribution in [0.15, 0.2) is 65.8 Å². The van der Waals surface area contributed by atoms with E-state index in [1.807, 2.05) is 31.2 Å². The van der Waals surface area contributed by atoms with Gasteiger partial charge in [0, 0.05) is 27.9 Å². The van der Waals surface area contributed by atoms with E-state index in [-0.39, 0.29) is 18.2 Å². The van der Waals surface area contributed by atoms with E-state index in [1.165, 1.54) is 36.8 Å². The minimum absolute atomic E-state index is 0.0387. The molecule has 38 heavy (non-hydrogen) atoms. The Bertz CT molecular complexity index is 1550. The molecule has 10 nitrogen and oxygen atoms in total. The molecule has 0 saturated heterocycles. The normalized spacial score (nSPS) is 10.9. The van der Waals surface area contributed by atoms with Gasteiger partial charge in [-0.2, -0.15) is 5.10 Å². The van der Waals surface area contributed by atoms with Crippen molar-refractivity contribution in [2.24, 2.45) is 5.10 Å². The topological polar surface area (TPSA) is 132 Å². The summed E-state index contributed by atoms with van der Waals surface area (Å²) in [6.45, 7) is 1.76. The average molecular weight is 644 g/mol. The molecule has 2 N–H and O–H groups in total. The van der Waals surface area contributed by atoms with Gasteiger partial charge in [-0.3, -0.25) is 19.7 Å². The molecule has 0 aliphatic heterocycles. The van der Waals surface area contributed by atoms with E-state index in [0.29, 0.717) is 36.6 Å². The molecule has 0 atom stereocenters. The van der Waals surface area contributed by atoms with Gasteiger partial charge in [-0.15, -0.1) is 11.3 Å². The second-order valence-corrected chi connectivity index (χ2v) is 10.3. The Labute approximate surface area is 234 Å². The van der Waals surface area contributed by atoms with Crippen molar-refractivity contribution in [3.63, 3.8) is 0 Å². The number of aryl methyl sites for hydroxylation is 1. The molecule has 0 bridgehead atoms. The molecule has 0 unspecified atom stereocenters. The number of nitrogens with zero attached hydrogens (tertiary/aromatic N) is 2. The molecule has 0 aliphatic rings. The number of hydrogen-bond acceptors (Lipinski definition) is 8. The summed E-state index contributed by atoms with van der Waals surface area (Å²) in [5.41, 5.74) is 4.83. The van der Waals surface area contributed by atoms with Crippen LogP contribution in [0.4, 0.5) is 11.4 Å². The van der Waals surface area contributed by atoms with Crippen LogP contribution in [0.3, 0.4) is 0 Å². The van der Waals surface area contributed by atoms with Gasteiger partial charge in [0.05, 0.1) is 26.7 Å². The lowest BCUT2D eigenvalue weighted by Crippen LogP contribution is -2.20. The summed E-state index contributed by atoms with van der Waals surface area (Å²) >= 11 is 3.28. The Balaban J connectivity index is 1.39. The first-order valence-corrected chi connectivity index (χ1v) is 13.0. The van der Waals surface area contributed by atoms with Crippen LogP contribution in [0.1, 0.15) is 20.8 Å². The van der Waals surface area contributed by atoms with Gasteiger partial charge in [-0.25, -0.2) is 5.43 Å². The van der Waals surface area contributed by atoms with Crippen molar-refractivity contribution in [3.8, 4) is 11.5 Å². The Morgan fingerprint density at radius 2 is 1.89 bits per heavy atom. The lowest BCUT2D eigenvalue weighted by Gasteiger charge is -2.13. The van der Waals surface area contributed by atoms with Gasteiger partial charge in [0.2, 0.25) is 0 Å². The first-order valence-electron chi connectivity index (χ1n) is 11.1. The zero-order chi connectivity index (χ0) is 27.2. The van der Waals surface area contributed by atoms with Crippen molar-refractivity contribution >= 4 is 73.4 Å². The number of amides is 2. The first-order chi connectivity index (χ1) is 18.2. The van der Waals surface area contributed by atoms with Gasteiger partial charge in [-0.05, 0) is 71.5 Å². The summed E-state index contributed by atoms with van der Waals surface area (Å²) in [6, 6.07) is 16.9. The summed E-state index contributed by atoms with van der Waals surface area (Å²) in [4.78, 5) is 35.7. The smallest absolute Gasteiger partial charge is 0.281 e. The van der Waals surface area contributed by atoms with Crippen molar-refractivity contribution in [2.45, 2.75) is 6.92 Å². The number of halogens is 1. The van der Waals surface area contributed by atoms with Crippen LogP contribution in [0, 0.1) is 20.6 Å². The van der Waals surface area contributed by atoms with E-state index >= 15 is 0 Å². The second-order valence-electron chi connectivity index (χ2n) is 8.03. The number of nitro groups is 1. The molecule has 1 heterocycles. The van der Waals surface area contributed by atoms with E-state index in [2.05, 4.69) is 38.4 Å². The SMILES string of the molecule is COc1cc(/C=N\NC(=O)c2cc3cc([N+](=O)[O-])ccc3s2)cc(I)c1OCC(=O)Nc1ccc(C)cc1. The number of thiophene rings is 1. The summed E-state index contributed by atoms with van der Waals surface area (Å²) in [6.07, 6.45) is 1.45. The number of fused-ring (bicyclic) bond motifs is 1. The fraction of sp³-hybridized carbons (Fsp3) is 0.115. The fourth-order valence-electron chi connectivity index (χ4n) is 3.40. The number of hydrogen-bond donors (Lipinski definition) is 2. The number of benzene rings is 3. The van der Waals surface area contributed by atoms with Crippen LogP contribution in [0.25, 0.3) is 10.1 Å². The summed E-state index contributed by atoms with van der Waals surface area (Å²) in [7, 11) is 1.49. The van der Waals surface area contributed by atoms with Gasteiger partial charge in [0.25, 0.3) is 17.5 Å². The molecular weight excluding hydrogens is 623 g/mol. The Kier molecular flexibility index (Phi) is 8.53. The molecule has 0 radical (unpaired) electrons. The monoisotopic (exact) mass is 644 g/mol. The number of methoxy groups -OCH3 is 1. The number of nitro benzene ring substituents is 1. The number of ether oxygens (including phenoxy) is 2. The molecule has 194 valence electrons. The number of non-ortho nitro benzene ring substituents is 1. The zero-order valence-electron chi connectivity index (χ0n) is 20.2. The highest BCUT2D eigenvalue weighted by atomic mass is 127. The van der Waals surface area contributed by atoms with Crippen LogP contribution in [0.5, 0.6) is 11.5 Å². The van der Waals surface area contributed by atoms with E-state index in [9.17, 15) is 19.7 Å². The van der Waals surface area contributed by atoms with E-state index in [0.717, 1.165) is 10.3 Å². The summed E-state index contributed by atoms with van der Waals surface area (Å²) in [5, 5.41) is 18.4. The molecule has 12 heteroatoms. The Morgan fingerprint density at radius 3 is 2.61 bits per heavy atom. The molecular formula is C26H21IN4O6S. The number of rotatable bonds is 9. The standard InChI is InChI=1S/C26H21IN4O6S/c1-15-3-5-18(6-4-15)29-24(32)14-37-25-20(27)9-16(10-21(25)36-2)13-28-30-26(33)23-12-17-11-19(31(34)35)7-8-22(17)38-23/h3-13H,14H2,1-2H3,(H,29,32)(H,30,33)/b28-13-. The predicted octanol–water partition coefficient (Wildman–Crippen LogP) is 5.51. The van der Waals surface area contributed by atoms with E-state index in [4.69, 9.17) is 9.47 Å². The van der Waals surface area contributed by atoms with Crippen molar-refractivity contribution in [2.75, 3.05) is 19.0 Å². The summed E-state index contributed by atoms with van der Waals surface area (Å²) in [5.74, 6) is 0.0637. The van der Waals surface area contributed by atoms with Gasteiger partial charge in [0.15, 0.2) is 18.1 Å². The maximum Gasteiger partial charge on any atom is 0.281 e. The minimum atomic E-state index is -0.479. The van der Waals surface area contributed by atoms with Gasteiger partial charge >= 0.3 is 0 Å². The molecule has 4 aromatic rings. The lowest BCUT2D eigenvalue weighted by atomic mass is 10.2. The van der Waals surface area contributed by atoms with Crippen LogP contribution >= 0.6 is 33.9 Å². The largest absolute Gasteiger partial charge is 0.493 e. The maximum absolute atomic E-state index is 12.5. The first kappa shape index (κ1) is 27.0. The average Bonchev–Trinajstić information content (AvgIpc) is 3.33. The van der Waals surface area contributed by atoms with Crippen LogP contribution in [0.2, 0.25) is 0 Å². The molecule has 1 aromatic heterocycles.